The molecule has 0 aromatic rings. The third-order valence-corrected chi connectivity index (χ3v) is 6.41. The van der Waals surface area contributed by atoms with Crippen LogP contribution in [-0.2, 0) is 4.79 Å². The first kappa shape index (κ1) is 29.5. The lowest BCUT2D eigenvalue weighted by Gasteiger charge is -2.13. The van der Waals surface area contributed by atoms with Crippen molar-refractivity contribution in [3.05, 3.63) is 70.8 Å². The smallest absolute Gasteiger partial charge is 0.136 e. The van der Waals surface area contributed by atoms with Crippen LogP contribution in [0.25, 0.3) is 0 Å². The second-order valence-electron chi connectivity index (χ2n) is 8.16. The van der Waals surface area contributed by atoms with E-state index in [1.54, 1.807) is 11.8 Å². The van der Waals surface area contributed by atoms with E-state index in [0.29, 0.717) is 35.5 Å². The highest BCUT2D eigenvalue weighted by Gasteiger charge is 2.07. The number of unbranched alkanes of at least 4 members (excludes halogenated alkanes) is 1. The molecule has 0 fully saturated rings. The molecule has 1 atom stereocenters. The molecule has 0 spiro atoms. The maximum absolute atomic E-state index is 12.1. The minimum absolute atomic E-state index is 0.300. The van der Waals surface area contributed by atoms with Gasteiger partial charge < -0.3 is 5.32 Å². The van der Waals surface area contributed by atoms with E-state index < -0.39 is 0 Å². The molecule has 2 nitrogen and oxygen atoms in total. The van der Waals surface area contributed by atoms with Gasteiger partial charge in [0, 0.05) is 41.3 Å². The molecular formula is C27H42ClNOS. The summed E-state index contributed by atoms with van der Waals surface area (Å²) in [7, 11) is 1.90. The van der Waals surface area contributed by atoms with Crippen molar-refractivity contribution < 1.29 is 4.79 Å². The maximum atomic E-state index is 12.1. The van der Waals surface area contributed by atoms with Crippen molar-refractivity contribution >= 4 is 29.1 Å². The molecule has 1 N–H and O–H groups in total. The number of ketones is 1. The van der Waals surface area contributed by atoms with E-state index in [4.69, 9.17) is 11.6 Å². The van der Waals surface area contributed by atoms with Crippen LogP contribution in [0.3, 0.4) is 0 Å². The fourth-order valence-electron chi connectivity index (χ4n) is 2.94. The van der Waals surface area contributed by atoms with Crippen LogP contribution in [0, 0.1) is 11.8 Å². The number of rotatable bonds is 17. The zero-order valence-corrected chi connectivity index (χ0v) is 21.7. The van der Waals surface area contributed by atoms with Crippen LogP contribution in [0.15, 0.2) is 70.8 Å². The Labute approximate surface area is 200 Å². The Kier molecular flexibility index (Phi) is 17.3. The predicted molar refractivity (Wildman–Crippen MR) is 142 cm³/mol. The van der Waals surface area contributed by atoms with Gasteiger partial charge in [-0.05, 0) is 50.2 Å². The van der Waals surface area contributed by atoms with Crippen LogP contribution < -0.4 is 5.32 Å². The van der Waals surface area contributed by atoms with Crippen LogP contribution in [0.5, 0.6) is 0 Å². The fourth-order valence-corrected chi connectivity index (χ4v) is 4.05. The van der Waals surface area contributed by atoms with Gasteiger partial charge in [-0.25, -0.2) is 0 Å². The van der Waals surface area contributed by atoms with Gasteiger partial charge in [-0.3, -0.25) is 4.79 Å². The highest BCUT2D eigenvalue weighted by Crippen LogP contribution is 2.27. The van der Waals surface area contributed by atoms with Crippen molar-refractivity contribution in [2.24, 2.45) is 11.8 Å². The number of carbonyl (C=O) groups excluding carboxylic acids is 1. The summed E-state index contributed by atoms with van der Waals surface area (Å²) in [6.45, 7) is 16.5. The number of Topliss-reactive ketones (excluding diaryl/α,β-unsaturated/α-hetero) is 1. The molecular weight excluding hydrogens is 422 g/mol. The quantitative estimate of drug-likeness (QED) is 0.133. The third kappa shape index (κ3) is 15.9. The summed E-state index contributed by atoms with van der Waals surface area (Å²) < 4.78 is 0. The minimum Gasteiger partial charge on any atom is -0.391 e. The largest absolute Gasteiger partial charge is 0.391 e. The molecule has 0 saturated carbocycles. The lowest BCUT2D eigenvalue weighted by atomic mass is 9.92. The lowest BCUT2D eigenvalue weighted by Crippen LogP contribution is -2.07. The maximum Gasteiger partial charge on any atom is 0.136 e. The van der Waals surface area contributed by atoms with Gasteiger partial charge in [0.15, 0.2) is 0 Å². The Bertz CT molecular complexity index is 685. The highest BCUT2D eigenvalue weighted by atomic mass is 35.5. The SMILES string of the molecule is C=C(Cl)/C(=C\C=C/C(C)C)SC/C(=C/C=C\CC(=O)CCCCC(CC)C(=C)C)NC. The molecule has 1 unspecified atom stereocenters. The summed E-state index contributed by atoms with van der Waals surface area (Å²) in [5.41, 5.74) is 2.32. The van der Waals surface area contributed by atoms with Crippen molar-refractivity contribution in [2.45, 2.75) is 66.2 Å². The van der Waals surface area contributed by atoms with Crippen LogP contribution in [0.4, 0.5) is 0 Å². The van der Waals surface area contributed by atoms with E-state index in [9.17, 15) is 4.79 Å². The number of hydrogen-bond acceptors (Lipinski definition) is 3. The molecule has 31 heavy (non-hydrogen) atoms. The summed E-state index contributed by atoms with van der Waals surface area (Å²) >= 11 is 7.77. The summed E-state index contributed by atoms with van der Waals surface area (Å²) in [6.07, 6.45) is 17.5. The zero-order chi connectivity index (χ0) is 23.6. The molecule has 0 rings (SSSR count). The number of allylic oxidation sites excluding steroid dienone is 8. The second kappa shape index (κ2) is 18.2. The molecule has 0 aliphatic rings. The molecule has 0 radical (unpaired) electrons. The minimum atomic E-state index is 0.300. The Morgan fingerprint density at radius 2 is 1.87 bits per heavy atom. The monoisotopic (exact) mass is 463 g/mol. The fraction of sp³-hybridized carbons (Fsp3) is 0.519. The molecule has 0 amide bonds. The first-order valence-electron chi connectivity index (χ1n) is 11.3. The Hall–Kier alpha value is -1.45. The van der Waals surface area contributed by atoms with Crippen molar-refractivity contribution in [3.63, 3.8) is 0 Å². The summed E-state index contributed by atoms with van der Waals surface area (Å²) in [4.78, 5) is 13.1. The second-order valence-corrected chi connectivity index (χ2v) is 9.64. The molecule has 0 saturated heterocycles. The summed E-state index contributed by atoms with van der Waals surface area (Å²) in [5.74, 6) is 2.14. The summed E-state index contributed by atoms with van der Waals surface area (Å²) in [5, 5.41) is 3.75. The molecule has 0 bridgehead atoms. The van der Waals surface area contributed by atoms with Gasteiger partial charge in [-0.1, -0.05) is 81.8 Å². The molecule has 0 heterocycles. The van der Waals surface area contributed by atoms with E-state index in [2.05, 4.69) is 52.2 Å². The van der Waals surface area contributed by atoms with E-state index in [1.807, 2.05) is 37.4 Å². The number of carbonyl (C=O) groups is 1. The van der Waals surface area contributed by atoms with Crippen LogP contribution in [-0.4, -0.2) is 18.6 Å². The number of thioether (sulfide) groups is 1. The predicted octanol–water partition coefficient (Wildman–Crippen LogP) is 8.35. The van der Waals surface area contributed by atoms with Crippen molar-refractivity contribution in [1.29, 1.82) is 0 Å². The first-order chi connectivity index (χ1) is 14.7. The van der Waals surface area contributed by atoms with Crippen molar-refractivity contribution in [1.82, 2.24) is 5.32 Å². The van der Waals surface area contributed by atoms with E-state index in [1.165, 1.54) is 5.57 Å². The van der Waals surface area contributed by atoms with E-state index in [-0.39, 0.29) is 0 Å². The standard InChI is InChI=1S/C27H42ClNOS/c1-8-24(22(4)5)15-9-11-17-26(30)18-12-10-16-25(29-7)20-31-27(23(6)28)19-13-14-21(2)3/h10,12-14,16,19,21,24,29H,4,6,8-9,11,15,17-18,20H2,1-3,5,7H3/b12-10-,14-13-,25-16-,27-19+. The number of hydrogen-bond donors (Lipinski definition) is 1. The third-order valence-electron chi connectivity index (χ3n) is 4.94. The number of nitrogens with one attached hydrogen (secondary N) is 1. The summed E-state index contributed by atoms with van der Waals surface area (Å²) in [6, 6.07) is 0. The highest BCUT2D eigenvalue weighted by molar-refractivity contribution is 8.03. The van der Waals surface area contributed by atoms with Crippen molar-refractivity contribution in [2.75, 3.05) is 12.8 Å². The van der Waals surface area contributed by atoms with E-state index >= 15 is 0 Å². The first-order valence-corrected chi connectivity index (χ1v) is 12.6. The molecule has 174 valence electrons. The van der Waals surface area contributed by atoms with Crippen LogP contribution in [0.1, 0.15) is 66.2 Å². The Morgan fingerprint density at radius 3 is 2.42 bits per heavy atom. The van der Waals surface area contributed by atoms with Crippen LogP contribution >= 0.6 is 23.4 Å². The zero-order valence-electron chi connectivity index (χ0n) is 20.2. The van der Waals surface area contributed by atoms with Crippen LogP contribution in [0.2, 0.25) is 0 Å². The van der Waals surface area contributed by atoms with Gasteiger partial charge in [-0.15, -0.1) is 11.8 Å². The van der Waals surface area contributed by atoms with E-state index in [0.717, 1.165) is 42.0 Å². The number of halogens is 1. The normalized spacial score (nSPS) is 13.9. The van der Waals surface area contributed by atoms with Gasteiger partial charge in [0.1, 0.15) is 5.78 Å². The molecule has 0 aromatic carbocycles. The Morgan fingerprint density at radius 1 is 1.16 bits per heavy atom. The molecule has 0 aliphatic carbocycles. The average Bonchev–Trinajstić information content (AvgIpc) is 2.70. The Balaban J connectivity index is 4.44. The lowest BCUT2D eigenvalue weighted by molar-refractivity contribution is -0.118. The topological polar surface area (TPSA) is 29.1 Å². The average molecular weight is 464 g/mol. The van der Waals surface area contributed by atoms with Gasteiger partial charge in [-0.2, -0.15) is 0 Å². The van der Waals surface area contributed by atoms with Gasteiger partial charge in [0.05, 0.1) is 0 Å². The van der Waals surface area contributed by atoms with Gasteiger partial charge in [0.2, 0.25) is 0 Å². The molecule has 4 heteroatoms. The molecule has 0 aliphatic heterocycles. The molecule has 0 aromatic heterocycles. The van der Waals surface area contributed by atoms with Crippen molar-refractivity contribution in [3.8, 4) is 0 Å². The van der Waals surface area contributed by atoms with Gasteiger partial charge >= 0.3 is 0 Å². The van der Waals surface area contributed by atoms with Gasteiger partial charge in [0.25, 0.3) is 0 Å².